The summed E-state index contributed by atoms with van der Waals surface area (Å²) in [6.07, 6.45) is -4.68. The molecule has 0 bridgehead atoms. The Morgan fingerprint density at radius 3 is 2.48 bits per heavy atom. The highest BCUT2D eigenvalue weighted by Crippen LogP contribution is 2.25. The second-order valence-electron chi connectivity index (χ2n) is 6.53. The third-order valence-electron chi connectivity index (χ3n) is 4.28. The summed E-state index contributed by atoms with van der Waals surface area (Å²) in [5, 5.41) is 8.78. The second kappa shape index (κ2) is 8.88. The Hall–Kier alpha value is -2.58. The molecule has 1 unspecified atom stereocenters. The molecule has 1 aliphatic heterocycles. The number of alkyl halides is 3. The van der Waals surface area contributed by atoms with E-state index in [1.807, 2.05) is 6.07 Å². The fraction of sp³-hybridized carbons (Fsp3) is 0.500. The molecular formula is C18H21F3N2O4. The zero-order chi connectivity index (χ0) is 20.0. The number of hydrogen-bond acceptors (Lipinski definition) is 3. The van der Waals surface area contributed by atoms with Crippen molar-refractivity contribution in [3.05, 3.63) is 35.9 Å². The van der Waals surface area contributed by atoms with Gasteiger partial charge in [0, 0.05) is 32.5 Å². The number of halogens is 3. The van der Waals surface area contributed by atoms with Crippen LogP contribution in [0.5, 0.6) is 0 Å². The summed E-state index contributed by atoms with van der Waals surface area (Å²) >= 11 is 0. The summed E-state index contributed by atoms with van der Waals surface area (Å²) < 4.78 is 37.7. The summed E-state index contributed by atoms with van der Waals surface area (Å²) in [4.78, 5) is 37.4. The Morgan fingerprint density at radius 1 is 1.22 bits per heavy atom. The van der Waals surface area contributed by atoms with Crippen molar-refractivity contribution < 1.29 is 32.7 Å². The summed E-state index contributed by atoms with van der Waals surface area (Å²) in [7, 11) is 0. The number of carbonyl (C=O) groups is 3. The molecule has 0 aliphatic carbocycles. The molecule has 1 fully saturated rings. The van der Waals surface area contributed by atoms with Crippen LogP contribution >= 0.6 is 0 Å². The van der Waals surface area contributed by atoms with Gasteiger partial charge in [-0.1, -0.05) is 30.3 Å². The van der Waals surface area contributed by atoms with E-state index in [1.54, 1.807) is 24.3 Å². The van der Waals surface area contributed by atoms with Crippen molar-refractivity contribution in [1.29, 1.82) is 0 Å². The van der Waals surface area contributed by atoms with Crippen LogP contribution in [-0.4, -0.2) is 58.5 Å². The maximum Gasteiger partial charge on any atom is 0.406 e. The number of likely N-dealkylation sites (tertiary alicyclic amines) is 1. The number of benzene rings is 1. The van der Waals surface area contributed by atoms with E-state index in [-0.39, 0.29) is 38.9 Å². The maximum atomic E-state index is 12.8. The molecule has 148 valence electrons. The van der Waals surface area contributed by atoms with Crippen LogP contribution < -0.4 is 0 Å². The number of aliphatic carboxylic acids is 1. The van der Waals surface area contributed by atoms with Crippen molar-refractivity contribution in [3.63, 3.8) is 0 Å². The van der Waals surface area contributed by atoms with Crippen molar-refractivity contribution in [2.24, 2.45) is 5.92 Å². The van der Waals surface area contributed by atoms with Gasteiger partial charge in [0.15, 0.2) is 0 Å². The van der Waals surface area contributed by atoms with E-state index in [0.717, 1.165) is 5.56 Å². The van der Waals surface area contributed by atoms with Crippen molar-refractivity contribution in [3.8, 4) is 0 Å². The number of nitrogens with zero attached hydrogens (tertiary/aromatic N) is 2. The van der Waals surface area contributed by atoms with E-state index < -0.39 is 36.4 Å². The minimum atomic E-state index is -4.52. The fourth-order valence-electron chi connectivity index (χ4n) is 3.06. The maximum absolute atomic E-state index is 12.8. The normalized spacial score (nSPS) is 17.2. The Kier molecular flexibility index (Phi) is 6.81. The van der Waals surface area contributed by atoms with E-state index in [1.165, 1.54) is 4.90 Å². The Labute approximate surface area is 154 Å². The van der Waals surface area contributed by atoms with Crippen LogP contribution in [0.3, 0.4) is 0 Å². The zero-order valence-electron chi connectivity index (χ0n) is 14.6. The van der Waals surface area contributed by atoms with Crippen LogP contribution in [0.2, 0.25) is 0 Å². The van der Waals surface area contributed by atoms with Crippen molar-refractivity contribution in [2.45, 2.75) is 32.0 Å². The van der Waals surface area contributed by atoms with E-state index in [4.69, 9.17) is 5.11 Å². The van der Waals surface area contributed by atoms with Crippen LogP contribution in [0.25, 0.3) is 0 Å². The summed E-state index contributed by atoms with van der Waals surface area (Å²) in [5.41, 5.74) is 0.817. The van der Waals surface area contributed by atoms with Gasteiger partial charge < -0.3 is 14.9 Å². The van der Waals surface area contributed by atoms with E-state index >= 15 is 0 Å². The zero-order valence-corrected chi connectivity index (χ0v) is 14.6. The lowest BCUT2D eigenvalue weighted by Crippen LogP contribution is -2.39. The predicted octanol–water partition coefficient (Wildman–Crippen LogP) is 2.29. The smallest absolute Gasteiger partial charge is 0.406 e. The van der Waals surface area contributed by atoms with Gasteiger partial charge >= 0.3 is 12.1 Å². The van der Waals surface area contributed by atoms with Crippen molar-refractivity contribution in [1.82, 2.24) is 9.80 Å². The molecule has 2 amide bonds. The molecule has 6 nitrogen and oxygen atoms in total. The molecule has 1 saturated heterocycles. The summed E-state index contributed by atoms with van der Waals surface area (Å²) in [5.74, 6) is -2.97. The SMILES string of the molecule is O=C(O)CCCN(Cc1ccccc1)C(=O)C1CC(=O)N(CC(F)(F)F)C1. The molecule has 2 rings (SSSR count). The number of carboxylic acid groups (broad SMARTS) is 1. The first-order valence-corrected chi connectivity index (χ1v) is 8.55. The third-order valence-corrected chi connectivity index (χ3v) is 4.28. The molecule has 1 atom stereocenters. The first-order chi connectivity index (χ1) is 12.7. The lowest BCUT2D eigenvalue weighted by atomic mass is 10.1. The van der Waals surface area contributed by atoms with Gasteiger partial charge in [0.2, 0.25) is 11.8 Å². The molecule has 1 aliphatic rings. The minimum Gasteiger partial charge on any atom is -0.481 e. The average Bonchev–Trinajstić information content (AvgIpc) is 2.93. The number of amides is 2. The van der Waals surface area contributed by atoms with Crippen molar-refractivity contribution >= 4 is 17.8 Å². The average molecular weight is 386 g/mol. The second-order valence-corrected chi connectivity index (χ2v) is 6.53. The molecule has 27 heavy (non-hydrogen) atoms. The van der Waals surface area contributed by atoms with Gasteiger partial charge in [-0.25, -0.2) is 0 Å². The van der Waals surface area contributed by atoms with Gasteiger partial charge in [0.05, 0.1) is 5.92 Å². The van der Waals surface area contributed by atoms with Crippen LogP contribution in [0.1, 0.15) is 24.8 Å². The number of carboxylic acids is 1. The lowest BCUT2D eigenvalue weighted by molar-refractivity contribution is -0.157. The third kappa shape index (κ3) is 6.58. The first-order valence-electron chi connectivity index (χ1n) is 8.55. The highest BCUT2D eigenvalue weighted by atomic mass is 19.4. The Bertz CT molecular complexity index is 679. The van der Waals surface area contributed by atoms with Crippen LogP contribution in [0, 0.1) is 5.92 Å². The predicted molar refractivity (Wildman–Crippen MR) is 89.5 cm³/mol. The molecule has 1 aromatic rings. The highest BCUT2D eigenvalue weighted by molar-refractivity contribution is 5.89. The van der Waals surface area contributed by atoms with Gasteiger partial charge in [-0.3, -0.25) is 14.4 Å². The topological polar surface area (TPSA) is 77.9 Å². The Balaban J connectivity index is 2.05. The summed E-state index contributed by atoms with van der Waals surface area (Å²) in [6, 6.07) is 8.99. The van der Waals surface area contributed by atoms with Crippen LogP contribution in [-0.2, 0) is 20.9 Å². The molecule has 0 aromatic heterocycles. The highest BCUT2D eigenvalue weighted by Gasteiger charge is 2.41. The molecule has 9 heteroatoms. The van der Waals surface area contributed by atoms with Gasteiger partial charge in [-0.15, -0.1) is 0 Å². The molecule has 0 radical (unpaired) electrons. The lowest BCUT2D eigenvalue weighted by Gasteiger charge is -2.26. The summed E-state index contributed by atoms with van der Waals surface area (Å²) in [6.45, 7) is -1.28. The van der Waals surface area contributed by atoms with Crippen molar-refractivity contribution in [2.75, 3.05) is 19.6 Å². The van der Waals surface area contributed by atoms with Gasteiger partial charge in [0.1, 0.15) is 6.54 Å². The molecule has 1 N–H and O–H groups in total. The molecule has 1 heterocycles. The van der Waals surface area contributed by atoms with Crippen LogP contribution in [0.4, 0.5) is 13.2 Å². The van der Waals surface area contributed by atoms with E-state index in [9.17, 15) is 27.6 Å². The minimum absolute atomic E-state index is 0.123. The largest absolute Gasteiger partial charge is 0.481 e. The van der Waals surface area contributed by atoms with Gasteiger partial charge in [-0.05, 0) is 12.0 Å². The van der Waals surface area contributed by atoms with Gasteiger partial charge in [0.25, 0.3) is 0 Å². The fourth-order valence-corrected chi connectivity index (χ4v) is 3.06. The van der Waals surface area contributed by atoms with Gasteiger partial charge in [-0.2, -0.15) is 13.2 Å². The molecule has 0 spiro atoms. The van der Waals surface area contributed by atoms with E-state index in [2.05, 4.69) is 0 Å². The monoisotopic (exact) mass is 386 g/mol. The standard InChI is InChI=1S/C18H21F3N2O4/c19-18(20,21)12-23-11-14(9-15(23)24)17(27)22(8-4-7-16(25)26)10-13-5-2-1-3-6-13/h1-3,5-6,14H,4,7-12H2,(H,25,26). The number of hydrogen-bond donors (Lipinski definition) is 1. The first kappa shape index (κ1) is 20.7. The number of carbonyl (C=O) groups excluding carboxylic acids is 2. The number of rotatable bonds is 8. The Morgan fingerprint density at radius 2 is 1.89 bits per heavy atom. The molecular weight excluding hydrogens is 365 g/mol. The molecule has 1 aromatic carbocycles. The molecule has 0 saturated carbocycles. The van der Waals surface area contributed by atoms with E-state index in [0.29, 0.717) is 4.90 Å². The van der Waals surface area contributed by atoms with Crippen LogP contribution in [0.15, 0.2) is 30.3 Å². The quantitative estimate of drug-likeness (QED) is 0.744.